The van der Waals surface area contributed by atoms with Crippen molar-refractivity contribution in [1.29, 1.82) is 0 Å². The Labute approximate surface area is 275 Å². The topological polar surface area (TPSA) is 83.1 Å². The molecule has 0 amide bonds. The van der Waals surface area contributed by atoms with Crippen molar-refractivity contribution in [2.24, 2.45) is 0 Å². The molecule has 0 bridgehead atoms. The Kier molecular flexibility index (Phi) is 33.8. The van der Waals surface area contributed by atoms with Gasteiger partial charge in [0, 0.05) is 90.6 Å². The summed E-state index contributed by atoms with van der Waals surface area (Å²) in [6, 6.07) is 2.60. The zero-order valence-electron chi connectivity index (χ0n) is 26.9. The van der Waals surface area contributed by atoms with E-state index in [2.05, 4.69) is 12.6 Å². The van der Waals surface area contributed by atoms with Crippen LogP contribution in [-0.4, -0.2) is 105 Å². The van der Waals surface area contributed by atoms with Crippen molar-refractivity contribution >= 4 is 80.3 Å². The van der Waals surface area contributed by atoms with Crippen molar-refractivity contribution in [2.45, 2.75) is 78.9 Å². The van der Waals surface area contributed by atoms with Gasteiger partial charge in [0.25, 0.3) is 0 Å². The molecule has 250 valence electrons. The molecule has 0 aromatic rings. The molecule has 0 heterocycles. The zero-order valence-corrected chi connectivity index (χ0v) is 34.0. The Morgan fingerprint density at radius 2 is 0.756 bits per heavy atom. The lowest BCUT2D eigenvalue weighted by molar-refractivity contribution is 0.0704. The van der Waals surface area contributed by atoms with Crippen LogP contribution in [0, 0.1) is 0 Å². The van der Waals surface area contributed by atoms with E-state index in [1.54, 1.807) is 21.3 Å². The molecule has 0 aliphatic heterocycles. The second-order valence-corrected chi connectivity index (χ2v) is 23.3. The van der Waals surface area contributed by atoms with E-state index < -0.39 is 26.4 Å². The lowest BCUT2D eigenvalue weighted by Gasteiger charge is -2.28. The molecule has 0 aliphatic rings. The fourth-order valence-corrected chi connectivity index (χ4v) is 17.7. The van der Waals surface area contributed by atoms with Gasteiger partial charge in [0.05, 0.1) is 0 Å². The standard InChI is InChI=1S/C18H42O6S4Si2.C6H16O3SSi/c1-7-19-29(20-8-2,21-9-3)17-13-15-25-27-28-26-16-14-18-30(22-10-4,23-11-5)24-12-6;1-7-11(8-2,9-3)6-4-5-10/h7-18H2,1-6H3;10H,4-6H2,1-3H3. The minimum Gasteiger partial charge on any atom is -0.377 e. The normalized spacial score (nSPS) is 12.4. The fourth-order valence-electron chi connectivity index (χ4n) is 3.66. The monoisotopic (exact) mass is 734 g/mol. The van der Waals surface area contributed by atoms with Crippen LogP contribution in [0.1, 0.15) is 60.8 Å². The molecule has 0 rings (SSSR count). The van der Waals surface area contributed by atoms with Crippen molar-refractivity contribution < 1.29 is 39.8 Å². The highest BCUT2D eigenvalue weighted by atomic mass is 33.7. The predicted octanol–water partition coefficient (Wildman–Crippen LogP) is 7.73. The largest absolute Gasteiger partial charge is 0.500 e. The van der Waals surface area contributed by atoms with Crippen molar-refractivity contribution in [3.8, 4) is 0 Å². The Balaban J connectivity index is 0. The van der Waals surface area contributed by atoms with Gasteiger partial charge in [-0.1, -0.05) is 21.6 Å². The van der Waals surface area contributed by atoms with Crippen molar-refractivity contribution in [3.63, 3.8) is 0 Å². The number of thiol groups is 1. The van der Waals surface area contributed by atoms with Crippen LogP contribution < -0.4 is 0 Å². The van der Waals surface area contributed by atoms with Crippen LogP contribution in [0.2, 0.25) is 18.1 Å². The molecular formula is C24H58O9S5Si3. The highest BCUT2D eigenvalue weighted by Crippen LogP contribution is 2.44. The molecule has 0 atom stereocenters. The van der Waals surface area contributed by atoms with Crippen LogP contribution in [0.15, 0.2) is 0 Å². The van der Waals surface area contributed by atoms with Gasteiger partial charge in [0.15, 0.2) is 0 Å². The third kappa shape index (κ3) is 22.2. The van der Waals surface area contributed by atoms with E-state index in [0.717, 1.165) is 54.7 Å². The molecule has 41 heavy (non-hydrogen) atoms. The van der Waals surface area contributed by atoms with Gasteiger partial charge >= 0.3 is 26.4 Å². The SMILES string of the molecule is CCO[Si](CCCSSSSCCC[Si](OCC)(OCC)OCC)(OCC)OCC.CO[Si](CCCS)(OC)OC. The molecule has 17 heteroatoms. The summed E-state index contributed by atoms with van der Waals surface area (Å²) in [5.74, 6) is 2.97. The summed E-state index contributed by atoms with van der Waals surface area (Å²) in [6.07, 6.45) is 3.05. The first-order chi connectivity index (χ1) is 19.8. The van der Waals surface area contributed by atoms with Crippen LogP contribution in [0.25, 0.3) is 0 Å². The highest BCUT2D eigenvalue weighted by Gasteiger charge is 2.40. The summed E-state index contributed by atoms with van der Waals surface area (Å²) in [4.78, 5) is 0. The molecule has 0 fully saturated rings. The van der Waals surface area contributed by atoms with Crippen LogP contribution in [0.5, 0.6) is 0 Å². The fraction of sp³-hybridized carbons (Fsp3) is 1.00. The lowest BCUT2D eigenvalue weighted by Crippen LogP contribution is -2.46. The summed E-state index contributed by atoms with van der Waals surface area (Å²) in [5.41, 5.74) is 0. The van der Waals surface area contributed by atoms with Crippen molar-refractivity contribution in [3.05, 3.63) is 0 Å². The Morgan fingerprint density at radius 3 is 1.00 bits per heavy atom. The molecule has 9 nitrogen and oxygen atoms in total. The molecule has 0 unspecified atom stereocenters. The van der Waals surface area contributed by atoms with Crippen molar-refractivity contribution in [1.82, 2.24) is 0 Å². The van der Waals surface area contributed by atoms with Gasteiger partial charge < -0.3 is 39.8 Å². The lowest BCUT2D eigenvalue weighted by atomic mass is 10.6. The number of rotatable bonds is 29. The summed E-state index contributed by atoms with van der Waals surface area (Å²) in [5, 5.41) is 0. The van der Waals surface area contributed by atoms with Crippen LogP contribution in [0.4, 0.5) is 0 Å². The van der Waals surface area contributed by atoms with Gasteiger partial charge in [-0.2, -0.15) is 12.6 Å². The third-order valence-electron chi connectivity index (χ3n) is 5.30. The molecular weight excluding hydrogens is 677 g/mol. The predicted molar refractivity (Wildman–Crippen MR) is 190 cm³/mol. The van der Waals surface area contributed by atoms with Crippen LogP contribution in [-0.2, 0) is 39.8 Å². The molecule has 0 aliphatic carbocycles. The molecule has 0 aromatic heterocycles. The average Bonchev–Trinajstić information content (AvgIpc) is 2.96. The third-order valence-corrected chi connectivity index (χ3v) is 21.4. The van der Waals surface area contributed by atoms with E-state index in [1.807, 2.05) is 82.8 Å². The van der Waals surface area contributed by atoms with Gasteiger partial charge in [-0.05, 0) is 86.2 Å². The van der Waals surface area contributed by atoms with Crippen LogP contribution >= 0.6 is 53.9 Å². The zero-order chi connectivity index (χ0) is 31.3. The van der Waals surface area contributed by atoms with E-state index in [4.69, 9.17) is 39.8 Å². The minimum atomic E-state index is -2.49. The van der Waals surface area contributed by atoms with E-state index in [-0.39, 0.29) is 0 Å². The Morgan fingerprint density at radius 1 is 0.463 bits per heavy atom. The van der Waals surface area contributed by atoms with E-state index in [0.29, 0.717) is 39.6 Å². The quantitative estimate of drug-likeness (QED) is 0.0353. The number of hydrogen-bond acceptors (Lipinski definition) is 14. The first kappa shape index (κ1) is 45.2. The molecule has 0 radical (unpaired) electrons. The Bertz CT molecular complexity index is 487. The first-order valence-corrected chi connectivity index (χ1v) is 26.1. The second-order valence-electron chi connectivity index (χ2n) is 8.07. The maximum Gasteiger partial charge on any atom is 0.500 e. The maximum atomic E-state index is 5.90. The van der Waals surface area contributed by atoms with E-state index in [1.165, 1.54) is 0 Å². The number of hydrogen-bond donors (Lipinski definition) is 1. The summed E-state index contributed by atoms with van der Waals surface area (Å²) in [7, 11) is 5.06. The van der Waals surface area contributed by atoms with Crippen LogP contribution in [0.3, 0.4) is 0 Å². The maximum absolute atomic E-state index is 5.90. The van der Waals surface area contributed by atoms with Crippen molar-refractivity contribution in [2.75, 3.05) is 78.2 Å². The summed E-state index contributed by atoms with van der Waals surface area (Å²) < 4.78 is 51.0. The summed E-state index contributed by atoms with van der Waals surface area (Å²) in [6.45, 7) is 15.8. The minimum absolute atomic E-state index is 0.640. The van der Waals surface area contributed by atoms with E-state index >= 15 is 0 Å². The molecule has 0 saturated heterocycles. The van der Waals surface area contributed by atoms with E-state index in [9.17, 15) is 0 Å². The highest BCUT2D eigenvalue weighted by molar-refractivity contribution is 9.26. The molecule has 0 aromatic carbocycles. The van der Waals surface area contributed by atoms with Gasteiger partial charge in [0.2, 0.25) is 0 Å². The van der Waals surface area contributed by atoms with Gasteiger partial charge in [-0.15, -0.1) is 0 Å². The molecule has 0 N–H and O–H groups in total. The molecule has 0 spiro atoms. The van der Waals surface area contributed by atoms with Gasteiger partial charge in [-0.3, -0.25) is 0 Å². The first-order valence-electron chi connectivity index (χ1n) is 14.5. The smallest absolute Gasteiger partial charge is 0.377 e. The molecule has 0 saturated carbocycles. The second kappa shape index (κ2) is 30.7. The van der Waals surface area contributed by atoms with Gasteiger partial charge in [-0.25, -0.2) is 0 Å². The Hall–Kier alpha value is 2.04. The summed E-state index contributed by atoms with van der Waals surface area (Å²) >= 11 is 4.10. The van der Waals surface area contributed by atoms with Gasteiger partial charge in [0.1, 0.15) is 0 Å². The average molecular weight is 735 g/mol.